The highest BCUT2D eigenvalue weighted by atomic mass is 19.1. The van der Waals surface area contributed by atoms with Crippen molar-refractivity contribution in [3.63, 3.8) is 0 Å². The predicted octanol–water partition coefficient (Wildman–Crippen LogP) is 5.30. The second kappa shape index (κ2) is 6.17. The van der Waals surface area contributed by atoms with Gasteiger partial charge in [0.1, 0.15) is 11.6 Å². The standard InChI is InChI=1S/C24H25FN2O2/c1-23(2)22-24(3,6-8-29-22)19-11-18(20(25)12-21(19)27-23)17-10-15(28-4)9-14-13-26-7-5-16(14)17/h5,7,9-13,22,27H,6,8H2,1-4H3. The maximum atomic E-state index is 15.4. The Balaban J connectivity index is 1.77. The van der Waals surface area contributed by atoms with Crippen LogP contribution in [0.4, 0.5) is 10.1 Å². The van der Waals surface area contributed by atoms with Crippen molar-refractivity contribution in [1.82, 2.24) is 4.98 Å². The first-order valence-corrected chi connectivity index (χ1v) is 9.99. The molecule has 3 heterocycles. The Morgan fingerprint density at radius 2 is 2.00 bits per heavy atom. The molecule has 4 nitrogen and oxygen atoms in total. The van der Waals surface area contributed by atoms with Gasteiger partial charge in [0.15, 0.2) is 0 Å². The lowest BCUT2D eigenvalue weighted by Gasteiger charge is -2.48. The van der Waals surface area contributed by atoms with E-state index in [4.69, 9.17) is 9.47 Å². The van der Waals surface area contributed by atoms with E-state index in [9.17, 15) is 0 Å². The largest absolute Gasteiger partial charge is 0.497 e. The Kier molecular flexibility index (Phi) is 3.91. The number of fused-ring (bicyclic) bond motifs is 4. The number of halogens is 1. The van der Waals surface area contributed by atoms with Crippen molar-refractivity contribution in [2.24, 2.45) is 0 Å². The Morgan fingerprint density at radius 1 is 1.17 bits per heavy atom. The second-order valence-electron chi connectivity index (χ2n) is 8.91. The Bertz CT molecular complexity index is 1130. The van der Waals surface area contributed by atoms with E-state index in [1.54, 1.807) is 25.6 Å². The topological polar surface area (TPSA) is 43.4 Å². The Morgan fingerprint density at radius 3 is 2.79 bits per heavy atom. The smallest absolute Gasteiger partial charge is 0.133 e. The van der Waals surface area contributed by atoms with Crippen LogP contribution in [0.3, 0.4) is 0 Å². The number of hydrogen-bond donors (Lipinski definition) is 1. The number of pyridine rings is 1. The van der Waals surface area contributed by atoms with E-state index in [1.165, 1.54) is 0 Å². The van der Waals surface area contributed by atoms with Gasteiger partial charge in [-0.15, -0.1) is 0 Å². The van der Waals surface area contributed by atoms with Crippen molar-refractivity contribution in [1.29, 1.82) is 0 Å². The van der Waals surface area contributed by atoms with Gasteiger partial charge in [0.2, 0.25) is 0 Å². The number of benzene rings is 2. The van der Waals surface area contributed by atoms with Crippen LogP contribution in [-0.2, 0) is 10.2 Å². The third kappa shape index (κ3) is 2.64. The van der Waals surface area contributed by atoms with E-state index in [2.05, 4.69) is 31.1 Å². The van der Waals surface area contributed by atoms with Crippen LogP contribution in [0.5, 0.6) is 5.75 Å². The summed E-state index contributed by atoms with van der Waals surface area (Å²) in [6, 6.07) is 9.39. The second-order valence-corrected chi connectivity index (χ2v) is 8.91. The van der Waals surface area contributed by atoms with Gasteiger partial charge in [-0.3, -0.25) is 4.98 Å². The highest BCUT2D eigenvalue weighted by Crippen LogP contribution is 2.51. The first-order chi connectivity index (χ1) is 13.8. The highest BCUT2D eigenvalue weighted by Gasteiger charge is 2.53. The molecule has 0 amide bonds. The van der Waals surface area contributed by atoms with Crippen LogP contribution >= 0.6 is 0 Å². The number of rotatable bonds is 2. The van der Waals surface area contributed by atoms with Crippen molar-refractivity contribution < 1.29 is 13.9 Å². The van der Waals surface area contributed by atoms with Crippen molar-refractivity contribution >= 4 is 16.5 Å². The molecule has 5 rings (SSSR count). The molecule has 0 saturated carbocycles. The lowest BCUT2D eigenvalue weighted by Crippen LogP contribution is -2.56. The zero-order valence-electron chi connectivity index (χ0n) is 17.2. The number of hydrogen-bond acceptors (Lipinski definition) is 4. The first-order valence-electron chi connectivity index (χ1n) is 9.99. The number of anilines is 1. The van der Waals surface area contributed by atoms with E-state index in [-0.39, 0.29) is 22.9 Å². The van der Waals surface area contributed by atoms with Gasteiger partial charge >= 0.3 is 0 Å². The van der Waals surface area contributed by atoms with Crippen LogP contribution in [0.25, 0.3) is 21.9 Å². The fraction of sp³-hybridized carbons (Fsp3) is 0.375. The van der Waals surface area contributed by atoms with E-state index in [0.717, 1.165) is 34.0 Å². The summed E-state index contributed by atoms with van der Waals surface area (Å²) < 4.78 is 27.0. The van der Waals surface area contributed by atoms with Gasteiger partial charge < -0.3 is 14.8 Å². The molecule has 0 aliphatic carbocycles. The van der Waals surface area contributed by atoms with Gasteiger partial charge in [-0.05, 0) is 67.1 Å². The monoisotopic (exact) mass is 392 g/mol. The zero-order chi connectivity index (χ0) is 20.4. The molecule has 1 saturated heterocycles. The molecule has 1 N–H and O–H groups in total. The molecule has 2 atom stereocenters. The third-order valence-electron chi connectivity index (χ3n) is 6.57. The van der Waals surface area contributed by atoms with Crippen LogP contribution in [-0.4, -0.2) is 30.3 Å². The van der Waals surface area contributed by atoms with Crippen molar-refractivity contribution in [2.75, 3.05) is 19.0 Å². The van der Waals surface area contributed by atoms with E-state index >= 15 is 4.39 Å². The summed E-state index contributed by atoms with van der Waals surface area (Å²) in [5.74, 6) is 0.435. The molecule has 1 fully saturated rings. The van der Waals surface area contributed by atoms with Gasteiger partial charge in [0, 0.05) is 41.1 Å². The van der Waals surface area contributed by atoms with Crippen LogP contribution in [0.1, 0.15) is 32.8 Å². The number of ether oxygens (including phenoxy) is 2. The van der Waals surface area contributed by atoms with Crippen LogP contribution in [0, 0.1) is 5.82 Å². The van der Waals surface area contributed by atoms with Crippen molar-refractivity contribution in [3.8, 4) is 16.9 Å². The Labute approximate surface area is 170 Å². The van der Waals surface area contributed by atoms with Crippen molar-refractivity contribution in [3.05, 3.63) is 54.1 Å². The molecular weight excluding hydrogens is 367 g/mol. The lowest BCUT2D eigenvalue weighted by molar-refractivity contribution is 0.0352. The fourth-order valence-electron chi connectivity index (χ4n) is 5.28. The summed E-state index contributed by atoms with van der Waals surface area (Å²) in [6.45, 7) is 7.20. The predicted molar refractivity (Wildman–Crippen MR) is 113 cm³/mol. The number of nitrogens with zero attached hydrogens (tertiary/aromatic N) is 1. The van der Waals surface area contributed by atoms with Gasteiger partial charge in [-0.25, -0.2) is 4.39 Å². The first kappa shape index (κ1) is 18.4. The maximum Gasteiger partial charge on any atom is 0.133 e. The summed E-state index contributed by atoms with van der Waals surface area (Å²) in [5.41, 5.74) is 2.93. The fourth-order valence-corrected chi connectivity index (χ4v) is 5.28. The Hall–Kier alpha value is -2.66. The number of methoxy groups -OCH3 is 1. The van der Waals surface area contributed by atoms with E-state index in [1.807, 2.05) is 24.3 Å². The highest BCUT2D eigenvalue weighted by molar-refractivity contribution is 5.98. The summed E-state index contributed by atoms with van der Waals surface area (Å²) in [5, 5.41) is 5.39. The molecule has 1 aromatic heterocycles. The van der Waals surface area contributed by atoms with Gasteiger partial charge in [0.25, 0.3) is 0 Å². The third-order valence-corrected chi connectivity index (χ3v) is 6.57. The molecule has 0 spiro atoms. The summed E-state index contributed by atoms with van der Waals surface area (Å²) in [4.78, 5) is 4.21. The molecule has 0 radical (unpaired) electrons. The molecule has 2 aliphatic heterocycles. The van der Waals surface area contributed by atoms with Gasteiger partial charge in [-0.2, -0.15) is 0 Å². The summed E-state index contributed by atoms with van der Waals surface area (Å²) in [6.07, 6.45) is 4.47. The molecule has 2 aromatic carbocycles. The number of aromatic nitrogens is 1. The average Bonchev–Trinajstić information content (AvgIpc) is 3.10. The number of nitrogens with one attached hydrogen (secondary N) is 1. The SMILES string of the molecule is COc1cc(-c2cc3c(cc2F)NC(C)(C)C2OCCC32C)c2ccncc2c1. The minimum absolute atomic E-state index is 0.0343. The van der Waals surface area contributed by atoms with E-state index in [0.29, 0.717) is 17.9 Å². The van der Waals surface area contributed by atoms with Gasteiger partial charge in [0.05, 0.1) is 18.8 Å². The van der Waals surface area contributed by atoms with Gasteiger partial charge in [-0.1, -0.05) is 6.92 Å². The minimum atomic E-state index is -0.263. The van der Waals surface area contributed by atoms with Crippen LogP contribution in [0.15, 0.2) is 42.7 Å². The molecule has 5 heteroatoms. The molecule has 0 bridgehead atoms. The van der Waals surface area contributed by atoms with E-state index < -0.39 is 0 Å². The average molecular weight is 392 g/mol. The van der Waals surface area contributed by atoms with Crippen molar-refractivity contribution in [2.45, 2.75) is 44.2 Å². The quantitative estimate of drug-likeness (QED) is 0.643. The lowest BCUT2D eigenvalue weighted by atomic mass is 9.66. The molecule has 2 unspecified atom stereocenters. The maximum absolute atomic E-state index is 15.4. The molecule has 3 aromatic rings. The van der Waals surface area contributed by atoms with Crippen LogP contribution in [0.2, 0.25) is 0 Å². The summed E-state index contributed by atoms with van der Waals surface area (Å²) in [7, 11) is 1.62. The molecule has 29 heavy (non-hydrogen) atoms. The summed E-state index contributed by atoms with van der Waals surface area (Å²) >= 11 is 0. The normalized spacial score (nSPS) is 24.7. The minimum Gasteiger partial charge on any atom is -0.497 e. The molecule has 150 valence electrons. The zero-order valence-corrected chi connectivity index (χ0v) is 17.2. The van der Waals surface area contributed by atoms with Crippen LogP contribution < -0.4 is 10.1 Å². The molecular formula is C24H25FN2O2. The molecule has 2 aliphatic rings.